The van der Waals surface area contributed by atoms with E-state index in [2.05, 4.69) is 20.8 Å². The predicted molar refractivity (Wildman–Crippen MR) is 177 cm³/mol. The van der Waals surface area contributed by atoms with Gasteiger partial charge in [0.25, 0.3) is 0 Å². The summed E-state index contributed by atoms with van der Waals surface area (Å²) in [6, 6.07) is 6.96. The van der Waals surface area contributed by atoms with Crippen molar-refractivity contribution in [3.8, 4) is 0 Å². The summed E-state index contributed by atoms with van der Waals surface area (Å²) in [7, 11) is 1.71. The number of carbonyl (C=O) groups is 4. The molecule has 47 heavy (non-hydrogen) atoms. The molecule has 4 heterocycles. The summed E-state index contributed by atoms with van der Waals surface area (Å²) in [6.07, 6.45) is 7.17. The number of hydrogen-bond donors (Lipinski definition) is 1. The minimum absolute atomic E-state index is 0.0996. The third-order valence-electron chi connectivity index (χ3n) is 10.3. The van der Waals surface area contributed by atoms with E-state index >= 15 is 4.79 Å². The lowest BCUT2D eigenvalue weighted by Crippen LogP contribution is -2.62. The van der Waals surface area contributed by atoms with Crippen LogP contribution in [0.15, 0.2) is 54.6 Å². The third kappa shape index (κ3) is 6.26. The molecular formula is C37H51N3O7. The average Bonchev–Trinajstić information content (AvgIpc) is 3.66. The molecule has 4 aliphatic heterocycles. The molecule has 1 N–H and O–H groups in total. The lowest BCUT2D eigenvalue weighted by atomic mass is 9.74. The van der Waals surface area contributed by atoms with Crippen LogP contribution in [0.4, 0.5) is 0 Å². The Balaban J connectivity index is 1.64. The van der Waals surface area contributed by atoms with Crippen LogP contribution in [0.3, 0.4) is 0 Å². The lowest BCUT2D eigenvalue weighted by Gasteiger charge is -2.46. The van der Waals surface area contributed by atoms with Crippen LogP contribution in [0.2, 0.25) is 0 Å². The van der Waals surface area contributed by atoms with Crippen molar-refractivity contribution in [2.24, 2.45) is 17.3 Å². The van der Waals surface area contributed by atoms with Crippen molar-refractivity contribution in [3.05, 3.63) is 60.2 Å². The first-order valence-corrected chi connectivity index (χ1v) is 16.8. The van der Waals surface area contributed by atoms with Gasteiger partial charge < -0.3 is 29.3 Å². The molecule has 3 amide bonds. The molecular weight excluding hydrogens is 598 g/mol. The summed E-state index contributed by atoms with van der Waals surface area (Å²) in [5.74, 6) is -3.47. The Labute approximate surface area is 278 Å². The van der Waals surface area contributed by atoms with Gasteiger partial charge in [0.1, 0.15) is 23.7 Å². The van der Waals surface area contributed by atoms with Crippen molar-refractivity contribution in [2.75, 3.05) is 20.2 Å². The largest absolute Gasteiger partial charge is 0.455 e. The van der Waals surface area contributed by atoms with Gasteiger partial charge in [0.05, 0.1) is 30.7 Å². The molecule has 2 fully saturated rings. The summed E-state index contributed by atoms with van der Waals surface area (Å²) >= 11 is 0. The number of carbonyl (C=O) groups excluding carboxylic acids is 4. The minimum atomic E-state index is -1.40. The van der Waals surface area contributed by atoms with E-state index in [1.54, 1.807) is 35.9 Å². The molecule has 256 valence electrons. The number of likely N-dealkylation sites (tertiary alicyclic amines) is 1. The van der Waals surface area contributed by atoms with Crippen molar-refractivity contribution in [1.82, 2.24) is 14.7 Å². The van der Waals surface area contributed by atoms with Gasteiger partial charge in [-0.25, -0.2) is 0 Å². The van der Waals surface area contributed by atoms with E-state index in [0.717, 1.165) is 5.56 Å². The van der Waals surface area contributed by atoms with E-state index in [9.17, 15) is 19.5 Å². The lowest BCUT2D eigenvalue weighted by molar-refractivity contribution is -0.164. The average molecular weight is 650 g/mol. The van der Waals surface area contributed by atoms with Gasteiger partial charge >= 0.3 is 5.97 Å². The first kappa shape index (κ1) is 34.8. The van der Waals surface area contributed by atoms with Crippen LogP contribution in [-0.2, 0) is 28.7 Å². The van der Waals surface area contributed by atoms with Crippen LogP contribution in [-0.4, -0.2) is 99.1 Å². The summed E-state index contributed by atoms with van der Waals surface area (Å²) in [4.78, 5) is 62.0. The molecule has 0 saturated carbocycles. The smallest absolute Gasteiger partial charge is 0.313 e. The number of cyclic esters (lactones) is 1. The number of rotatable bonds is 5. The van der Waals surface area contributed by atoms with Crippen molar-refractivity contribution < 1.29 is 33.8 Å². The zero-order valence-electron chi connectivity index (χ0n) is 29.0. The molecule has 8 atom stereocenters. The molecule has 5 bridgehead atoms. The van der Waals surface area contributed by atoms with Crippen LogP contribution in [0, 0.1) is 17.3 Å². The zero-order valence-corrected chi connectivity index (χ0v) is 29.0. The predicted octanol–water partition coefficient (Wildman–Crippen LogP) is 4.04. The van der Waals surface area contributed by atoms with E-state index in [1.807, 2.05) is 63.3 Å². The van der Waals surface area contributed by atoms with E-state index in [4.69, 9.17) is 9.47 Å². The van der Waals surface area contributed by atoms with Crippen molar-refractivity contribution in [1.29, 1.82) is 0 Å². The molecule has 0 radical (unpaired) electrons. The molecule has 1 spiro atoms. The highest BCUT2D eigenvalue weighted by Gasteiger charge is 2.74. The minimum Gasteiger partial charge on any atom is -0.455 e. The molecule has 0 aromatic heterocycles. The summed E-state index contributed by atoms with van der Waals surface area (Å²) in [5.41, 5.74) is -1.44. The normalized spacial score (nSPS) is 33.3. The zero-order chi connectivity index (χ0) is 34.5. The fourth-order valence-corrected chi connectivity index (χ4v) is 8.30. The second kappa shape index (κ2) is 12.8. The van der Waals surface area contributed by atoms with E-state index < -0.39 is 65.2 Å². The highest BCUT2D eigenvalue weighted by Crippen LogP contribution is 2.56. The maximum Gasteiger partial charge on any atom is 0.313 e. The van der Waals surface area contributed by atoms with Crippen LogP contribution in [0.5, 0.6) is 0 Å². The molecule has 0 unspecified atom stereocenters. The number of aliphatic hydroxyl groups is 1. The van der Waals surface area contributed by atoms with E-state index in [1.165, 1.54) is 4.90 Å². The first-order valence-electron chi connectivity index (χ1n) is 16.8. The molecule has 1 aromatic carbocycles. The Morgan fingerprint density at radius 1 is 1.02 bits per heavy atom. The molecule has 10 nitrogen and oxygen atoms in total. The number of esters is 1. The van der Waals surface area contributed by atoms with Gasteiger partial charge in [0.2, 0.25) is 17.7 Å². The first-order chi connectivity index (χ1) is 22.0. The number of benzene rings is 1. The quantitative estimate of drug-likeness (QED) is 0.378. The second-order valence-electron chi connectivity index (χ2n) is 15.5. The number of hydrogen-bond acceptors (Lipinski definition) is 7. The molecule has 10 heteroatoms. The maximum absolute atomic E-state index is 15.0. The second-order valence-corrected chi connectivity index (χ2v) is 15.5. The van der Waals surface area contributed by atoms with Crippen molar-refractivity contribution in [2.45, 2.75) is 109 Å². The molecule has 0 aliphatic carbocycles. The Bertz CT molecular complexity index is 1430. The number of ether oxygens (including phenoxy) is 2. The topological polar surface area (TPSA) is 117 Å². The monoisotopic (exact) mass is 649 g/mol. The number of allylic oxidation sites excluding steroid dienone is 1. The summed E-state index contributed by atoms with van der Waals surface area (Å²) in [5, 5.41) is 10.3. The van der Waals surface area contributed by atoms with Crippen LogP contribution < -0.4 is 0 Å². The van der Waals surface area contributed by atoms with Gasteiger partial charge in [0, 0.05) is 25.6 Å². The van der Waals surface area contributed by atoms with Crippen molar-refractivity contribution in [3.63, 3.8) is 0 Å². The standard InChI is InChI=1S/C37H51N3O7/c1-23(21-41)40-31-33(44)39(36(6,7)22-35(3,4)5)20-14-10-13-17-27(42)38(8)24(2)30(25-15-11-9-12-16-25)46-34(45)28-26-18-19-37(31,47-26)29(28)32(40)43/h9-12,14-16,18-19,23-24,26,28-31,41H,13,17,20-22H2,1-8H3/b14-10-/t23-,24-,26+,28-,29-,30+,31+,37-/m1/s1. The number of fused-ring (bicyclic) bond motifs is 2. The molecule has 5 rings (SSSR count). The Morgan fingerprint density at radius 3 is 2.34 bits per heavy atom. The third-order valence-corrected chi connectivity index (χ3v) is 10.3. The van der Waals surface area contributed by atoms with Gasteiger partial charge in [-0.15, -0.1) is 0 Å². The number of amides is 3. The highest BCUT2D eigenvalue weighted by molar-refractivity contribution is 5.99. The van der Waals surface area contributed by atoms with E-state index in [0.29, 0.717) is 12.8 Å². The summed E-state index contributed by atoms with van der Waals surface area (Å²) in [6.45, 7) is 13.8. The van der Waals surface area contributed by atoms with Gasteiger partial charge in [-0.2, -0.15) is 0 Å². The van der Waals surface area contributed by atoms with Gasteiger partial charge in [-0.05, 0) is 51.5 Å². The fourth-order valence-electron chi connectivity index (χ4n) is 8.30. The van der Waals surface area contributed by atoms with Crippen LogP contribution in [0.1, 0.15) is 79.4 Å². The van der Waals surface area contributed by atoms with E-state index in [-0.39, 0.29) is 36.8 Å². The van der Waals surface area contributed by atoms with Crippen molar-refractivity contribution >= 4 is 23.7 Å². The maximum atomic E-state index is 15.0. The molecule has 1 aromatic rings. The SMILES string of the molecule is C[C@@H]1[C@@H](c2ccccc2)OC(=O)[C@@H]2[C@@H]3C=C[C@]4(O3)[C@H](C(=O)N(C(C)(C)CC(C)(C)C)C/C=C\CCC(=O)N1C)N([C@H](C)CO)C(=O)[C@@H]24. The number of aliphatic hydroxyl groups excluding tert-OH is 1. The molecule has 4 aliphatic rings. The Hall–Kier alpha value is -3.50. The fraction of sp³-hybridized carbons (Fsp3) is 0.622. The number of nitrogens with zero attached hydrogens (tertiary/aromatic N) is 3. The van der Waals surface area contributed by atoms with Gasteiger partial charge in [0.15, 0.2) is 0 Å². The van der Waals surface area contributed by atoms with Gasteiger partial charge in [-0.1, -0.05) is 75.4 Å². The Morgan fingerprint density at radius 2 is 1.70 bits per heavy atom. The summed E-state index contributed by atoms with van der Waals surface area (Å²) < 4.78 is 12.8. The molecule has 2 saturated heterocycles. The van der Waals surface area contributed by atoms with Gasteiger partial charge in [-0.3, -0.25) is 19.2 Å². The van der Waals surface area contributed by atoms with Crippen LogP contribution in [0.25, 0.3) is 0 Å². The Kier molecular flexibility index (Phi) is 9.51. The number of likely N-dealkylation sites (N-methyl/N-ethyl adjacent to an activating group) is 1. The van der Waals surface area contributed by atoms with Crippen LogP contribution >= 0.6 is 0 Å². The highest BCUT2D eigenvalue weighted by atomic mass is 16.6.